The van der Waals surface area contributed by atoms with Gasteiger partial charge in [-0.25, -0.2) is 13.8 Å². The number of anilines is 1. The molecule has 5 nitrogen and oxygen atoms in total. The molecule has 1 aliphatic heterocycles. The van der Waals surface area contributed by atoms with E-state index in [0.29, 0.717) is 18.4 Å². The van der Waals surface area contributed by atoms with Gasteiger partial charge in [-0.15, -0.1) is 0 Å². The molecule has 5 rings (SSSR count). The van der Waals surface area contributed by atoms with E-state index in [1.807, 2.05) is 42.5 Å². The Labute approximate surface area is 184 Å². The molecule has 1 fully saturated rings. The third kappa shape index (κ3) is 3.58. The van der Waals surface area contributed by atoms with E-state index in [-0.39, 0.29) is 29.5 Å². The summed E-state index contributed by atoms with van der Waals surface area (Å²) in [6.07, 6.45) is 2.67. The highest BCUT2D eigenvalue weighted by molar-refractivity contribution is 6.05. The summed E-state index contributed by atoms with van der Waals surface area (Å²) in [6.45, 7) is 1.49. The smallest absolute Gasteiger partial charge is 0.238 e. The molecule has 1 aliphatic carbocycles. The van der Waals surface area contributed by atoms with Crippen molar-refractivity contribution in [2.75, 3.05) is 12.0 Å². The average Bonchev–Trinajstić information content (AvgIpc) is 3.63. The number of nitriles is 1. The maximum Gasteiger partial charge on any atom is 0.238 e. The van der Waals surface area contributed by atoms with Crippen LogP contribution in [-0.4, -0.2) is 18.0 Å². The zero-order valence-corrected chi connectivity index (χ0v) is 17.7. The molecule has 0 N–H and O–H groups in total. The van der Waals surface area contributed by atoms with E-state index in [0.717, 1.165) is 10.5 Å². The number of hydrogen-bond donors (Lipinski definition) is 0. The quantitative estimate of drug-likeness (QED) is 0.582. The molecule has 7 heteroatoms. The number of carbonyl (C=O) groups is 1. The second kappa shape index (κ2) is 8.39. The number of hydrogen-bond acceptors (Lipinski definition) is 4. The number of ether oxygens (including phenoxy) is 1. The summed E-state index contributed by atoms with van der Waals surface area (Å²) < 4.78 is 34.6. The van der Waals surface area contributed by atoms with E-state index in [9.17, 15) is 13.6 Å². The van der Waals surface area contributed by atoms with Crippen LogP contribution >= 0.6 is 0 Å². The molecule has 1 amide bonds. The lowest BCUT2D eigenvalue weighted by Gasteiger charge is -2.35. The van der Waals surface area contributed by atoms with Gasteiger partial charge in [-0.05, 0) is 48.6 Å². The van der Waals surface area contributed by atoms with Gasteiger partial charge in [0.05, 0.1) is 19.1 Å². The molecular formula is C25H21F2N3O2. The number of methoxy groups -OCH3 is 1. The minimum atomic E-state index is -0.898. The monoisotopic (exact) mass is 433 g/mol. The standard InChI is InChI=1S/C19H15F2N3O2.C6H6/c1-10-5-14(26-2)16(21)17(15(10)20)24-9-11-8-23-12(7-22)6-13(11)19(3-4-19)18(24)25;1-2-4-6-5-3-1/h5-6,8H,3-4,9H2,1-2H3;1-6H. The average molecular weight is 433 g/mol. The zero-order valence-electron chi connectivity index (χ0n) is 17.7. The molecular weight excluding hydrogens is 412 g/mol. The minimum absolute atomic E-state index is 0.00489. The summed E-state index contributed by atoms with van der Waals surface area (Å²) in [5.41, 5.74) is 0.641. The van der Waals surface area contributed by atoms with Gasteiger partial charge in [0.15, 0.2) is 17.4 Å². The van der Waals surface area contributed by atoms with Gasteiger partial charge in [0.25, 0.3) is 0 Å². The van der Waals surface area contributed by atoms with Crippen molar-refractivity contribution in [2.45, 2.75) is 31.7 Å². The van der Waals surface area contributed by atoms with Crippen LogP contribution in [0.5, 0.6) is 5.75 Å². The topological polar surface area (TPSA) is 66.2 Å². The van der Waals surface area contributed by atoms with E-state index in [4.69, 9.17) is 10.00 Å². The van der Waals surface area contributed by atoms with Crippen LogP contribution < -0.4 is 9.64 Å². The fourth-order valence-corrected chi connectivity index (χ4v) is 4.01. The molecule has 0 atom stereocenters. The lowest BCUT2D eigenvalue weighted by Crippen LogP contribution is -2.45. The molecule has 0 saturated heterocycles. The number of fused-ring (bicyclic) bond motifs is 2. The first-order valence-corrected chi connectivity index (χ1v) is 10.2. The van der Waals surface area contributed by atoms with Gasteiger partial charge in [0.1, 0.15) is 17.5 Å². The first-order chi connectivity index (χ1) is 15.4. The highest BCUT2D eigenvalue weighted by Gasteiger charge is 2.57. The van der Waals surface area contributed by atoms with Crippen molar-refractivity contribution in [3.05, 3.63) is 88.7 Å². The van der Waals surface area contributed by atoms with E-state index in [1.54, 1.807) is 6.07 Å². The molecule has 1 saturated carbocycles. The Morgan fingerprint density at radius 2 is 1.72 bits per heavy atom. The summed E-state index contributed by atoms with van der Waals surface area (Å²) in [6, 6.07) is 16.8. The van der Waals surface area contributed by atoms with Crippen LogP contribution in [0.3, 0.4) is 0 Å². The lowest BCUT2D eigenvalue weighted by molar-refractivity contribution is -0.121. The first kappa shape index (κ1) is 21.4. The molecule has 1 aromatic heterocycles. The Morgan fingerprint density at radius 3 is 2.25 bits per heavy atom. The van der Waals surface area contributed by atoms with Crippen molar-refractivity contribution in [1.82, 2.24) is 4.98 Å². The number of benzene rings is 2. The lowest BCUT2D eigenvalue weighted by atomic mass is 9.86. The van der Waals surface area contributed by atoms with Gasteiger partial charge in [0, 0.05) is 6.20 Å². The van der Waals surface area contributed by atoms with Gasteiger partial charge in [-0.1, -0.05) is 36.4 Å². The second-order valence-corrected chi connectivity index (χ2v) is 7.84. The van der Waals surface area contributed by atoms with Crippen molar-refractivity contribution in [3.63, 3.8) is 0 Å². The number of aryl methyl sites for hydroxylation is 1. The van der Waals surface area contributed by atoms with Crippen LogP contribution in [0.4, 0.5) is 14.5 Å². The van der Waals surface area contributed by atoms with E-state index in [1.165, 1.54) is 26.3 Å². The fraction of sp³-hybridized carbons (Fsp3) is 0.240. The largest absolute Gasteiger partial charge is 0.494 e. The van der Waals surface area contributed by atoms with Crippen molar-refractivity contribution >= 4 is 11.6 Å². The van der Waals surface area contributed by atoms with E-state index >= 15 is 0 Å². The van der Waals surface area contributed by atoms with Crippen LogP contribution in [0, 0.1) is 29.9 Å². The van der Waals surface area contributed by atoms with Crippen LogP contribution in [0.25, 0.3) is 0 Å². The molecule has 0 unspecified atom stereocenters. The fourth-order valence-electron chi connectivity index (χ4n) is 4.01. The summed E-state index contributed by atoms with van der Waals surface area (Å²) in [4.78, 5) is 18.3. The highest BCUT2D eigenvalue weighted by atomic mass is 19.1. The Morgan fingerprint density at radius 1 is 1.09 bits per heavy atom. The highest BCUT2D eigenvalue weighted by Crippen LogP contribution is 2.54. The predicted molar refractivity (Wildman–Crippen MR) is 115 cm³/mol. The molecule has 32 heavy (non-hydrogen) atoms. The minimum Gasteiger partial charge on any atom is -0.494 e. The Bertz CT molecular complexity index is 1190. The molecule has 3 aromatic rings. The summed E-state index contributed by atoms with van der Waals surface area (Å²) >= 11 is 0. The Balaban J connectivity index is 0.000000354. The first-order valence-electron chi connectivity index (χ1n) is 10.2. The van der Waals surface area contributed by atoms with Gasteiger partial charge < -0.3 is 9.64 Å². The summed E-state index contributed by atoms with van der Waals surface area (Å²) in [7, 11) is 1.29. The van der Waals surface area contributed by atoms with Crippen molar-refractivity contribution in [2.24, 2.45) is 0 Å². The number of pyridine rings is 1. The van der Waals surface area contributed by atoms with Crippen molar-refractivity contribution in [3.8, 4) is 11.8 Å². The molecule has 2 aliphatic rings. The van der Waals surface area contributed by atoms with Gasteiger partial charge in [-0.3, -0.25) is 4.79 Å². The summed E-state index contributed by atoms with van der Waals surface area (Å²) in [5, 5.41) is 9.07. The molecule has 162 valence electrons. The SMILES string of the molecule is COc1cc(C)c(F)c(N2Cc3cnc(C#N)cc3C3(CC3)C2=O)c1F.c1ccccc1. The van der Waals surface area contributed by atoms with E-state index in [2.05, 4.69) is 4.98 Å². The number of aromatic nitrogens is 1. The Hall–Kier alpha value is -3.79. The van der Waals surface area contributed by atoms with Gasteiger partial charge in [-0.2, -0.15) is 5.26 Å². The maximum atomic E-state index is 14.8. The normalized spacial score (nSPS) is 15.3. The molecule has 1 spiro atoms. The van der Waals surface area contributed by atoms with Crippen molar-refractivity contribution < 1.29 is 18.3 Å². The zero-order chi connectivity index (χ0) is 22.9. The van der Waals surface area contributed by atoms with Crippen LogP contribution in [-0.2, 0) is 16.8 Å². The molecule has 2 aromatic carbocycles. The number of nitrogens with zero attached hydrogens (tertiary/aromatic N) is 3. The van der Waals surface area contributed by atoms with Gasteiger partial charge in [0.2, 0.25) is 5.91 Å². The maximum absolute atomic E-state index is 14.8. The molecule has 0 radical (unpaired) electrons. The van der Waals surface area contributed by atoms with Crippen molar-refractivity contribution in [1.29, 1.82) is 5.26 Å². The number of carbonyl (C=O) groups excluding carboxylic acids is 1. The van der Waals surface area contributed by atoms with Crippen LogP contribution in [0.1, 0.15) is 35.2 Å². The molecule has 2 heterocycles. The number of rotatable bonds is 2. The number of amides is 1. The van der Waals surface area contributed by atoms with E-state index < -0.39 is 22.7 Å². The second-order valence-electron chi connectivity index (χ2n) is 7.84. The van der Waals surface area contributed by atoms with Gasteiger partial charge >= 0.3 is 0 Å². The Kier molecular flexibility index (Phi) is 5.62. The van der Waals surface area contributed by atoms with Crippen LogP contribution in [0.15, 0.2) is 54.7 Å². The predicted octanol–water partition coefficient (Wildman–Crippen LogP) is 4.81. The number of halogens is 2. The summed E-state index contributed by atoms with van der Waals surface area (Å²) in [5.74, 6) is -2.15. The van der Waals surface area contributed by atoms with Crippen LogP contribution in [0.2, 0.25) is 0 Å². The third-order valence-electron chi connectivity index (χ3n) is 5.83. The third-order valence-corrected chi connectivity index (χ3v) is 5.83. The molecule has 0 bridgehead atoms.